The predicted octanol–water partition coefficient (Wildman–Crippen LogP) is 1.73. The molecule has 2 nitrogen and oxygen atoms in total. The maximum atomic E-state index is 6.09. The highest BCUT2D eigenvalue weighted by molar-refractivity contribution is 5.15. The number of fused-ring (bicyclic) bond motifs is 2. The van der Waals surface area contributed by atoms with E-state index < -0.39 is 0 Å². The van der Waals surface area contributed by atoms with Crippen molar-refractivity contribution >= 4 is 0 Å². The van der Waals surface area contributed by atoms with E-state index in [0.29, 0.717) is 18.1 Å². The van der Waals surface area contributed by atoms with E-state index in [1.165, 1.54) is 12.8 Å². The van der Waals surface area contributed by atoms with Gasteiger partial charge in [0.25, 0.3) is 0 Å². The first-order valence-electron chi connectivity index (χ1n) is 4.89. The van der Waals surface area contributed by atoms with Crippen LogP contribution in [0.25, 0.3) is 0 Å². The summed E-state index contributed by atoms with van der Waals surface area (Å²) in [6.45, 7) is 6.61. The van der Waals surface area contributed by atoms with Crippen LogP contribution in [0.3, 0.4) is 0 Å². The quantitative estimate of drug-likeness (QED) is 0.514. The lowest BCUT2D eigenvalue weighted by molar-refractivity contribution is -0.214. The van der Waals surface area contributed by atoms with E-state index in [0.717, 1.165) is 0 Å². The second kappa shape index (κ2) is 1.73. The second-order valence-electron chi connectivity index (χ2n) is 5.18. The van der Waals surface area contributed by atoms with Crippen molar-refractivity contribution in [2.75, 3.05) is 0 Å². The summed E-state index contributed by atoms with van der Waals surface area (Å²) in [5.41, 5.74) is 0.0770. The zero-order valence-electron chi connectivity index (χ0n) is 7.96. The van der Waals surface area contributed by atoms with E-state index in [2.05, 4.69) is 20.8 Å². The van der Waals surface area contributed by atoms with Gasteiger partial charge >= 0.3 is 0 Å². The normalized spacial score (nSPS) is 59.8. The van der Waals surface area contributed by atoms with Crippen molar-refractivity contribution in [2.45, 2.75) is 57.0 Å². The predicted molar refractivity (Wildman–Crippen MR) is 45.0 cm³/mol. The highest BCUT2D eigenvalue weighted by atomic mass is 16.6. The first-order chi connectivity index (χ1) is 5.53. The van der Waals surface area contributed by atoms with Crippen molar-refractivity contribution in [1.29, 1.82) is 0 Å². The molecule has 12 heavy (non-hydrogen) atoms. The Morgan fingerprint density at radius 3 is 2.58 bits per heavy atom. The van der Waals surface area contributed by atoms with Crippen LogP contribution < -0.4 is 0 Å². The number of rotatable bonds is 0. The molecule has 4 aliphatic rings. The second-order valence-corrected chi connectivity index (χ2v) is 5.18. The number of ether oxygens (including phenoxy) is 2. The van der Waals surface area contributed by atoms with Crippen LogP contribution in [-0.4, -0.2) is 23.4 Å². The minimum Gasteiger partial charge on any atom is -0.366 e. The van der Waals surface area contributed by atoms with E-state index in [-0.39, 0.29) is 11.2 Å². The summed E-state index contributed by atoms with van der Waals surface area (Å²) in [5.74, 6) is 0.643. The Morgan fingerprint density at radius 1 is 1.25 bits per heavy atom. The molecule has 0 aromatic carbocycles. The summed E-state index contributed by atoms with van der Waals surface area (Å²) in [6.07, 6.45) is 3.41. The summed E-state index contributed by atoms with van der Waals surface area (Å²) in [6, 6.07) is 0. The average Bonchev–Trinajstić information content (AvgIpc) is 2.62. The fraction of sp³-hybridized carbons (Fsp3) is 1.00. The molecule has 4 atom stereocenters. The maximum Gasteiger partial charge on any atom is 0.113 e. The minimum absolute atomic E-state index is 0.0307. The van der Waals surface area contributed by atoms with Crippen molar-refractivity contribution in [2.24, 2.45) is 5.92 Å². The molecule has 1 aliphatic carbocycles. The van der Waals surface area contributed by atoms with E-state index in [4.69, 9.17) is 9.47 Å². The number of hydrogen-bond acceptors (Lipinski definition) is 2. The Labute approximate surface area is 73.2 Å². The summed E-state index contributed by atoms with van der Waals surface area (Å²) in [7, 11) is 0. The van der Waals surface area contributed by atoms with Crippen LogP contribution in [0.15, 0.2) is 0 Å². The van der Waals surface area contributed by atoms with Crippen molar-refractivity contribution in [1.82, 2.24) is 0 Å². The molecule has 2 heteroatoms. The van der Waals surface area contributed by atoms with Gasteiger partial charge in [-0.1, -0.05) is 0 Å². The molecule has 2 bridgehead atoms. The Kier molecular flexibility index (Phi) is 1.06. The molecule has 3 saturated heterocycles. The van der Waals surface area contributed by atoms with Gasteiger partial charge in [-0.25, -0.2) is 0 Å². The highest BCUT2D eigenvalue weighted by Crippen LogP contribution is 2.58. The first-order valence-corrected chi connectivity index (χ1v) is 4.89. The molecule has 0 aromatic heterocycles. The lowest BCUT2D eigenvalue weighted by Gasteiger charge is -2.51. The van der Waals surface area contributed by atoms with Gasteiger partial charge in [0.15, 0.2) is 0 Å². The van der Waals surface area contributed by atoms with Crippen LogP contribution >= 0.6 is 0 Å². The Hall–Kier alpha value is -0.0800. The van der Waals surface area contributed by atoms with Gasteiger partial charge in [-0.2, -0.15) is 0 Å². The molecule has 3 heterocycles. The van der Waals surface area contributed by atoms with Gasteiger partial charge in [0.05, 0.1) is 17.3 Å². The van der Waals surface area contributed by atoms with Crippen molar-refractivity contribution in [3.05, 3.63) is 0 Å². The van der Waals surface area contributed by atoms with Crippen molar-refractivity contribution < 1.29 is 9.47 Å². The molecule has 0 amide bonds. The van der Waals surface area contributed by atoms with Crippen LogP contribution in [0.1, 0.15) is 33.6 Å². The molecule has 0 radical (unpaired) electrons. The van der Waals surface area contributed by atoms with Crippen molar-refractivity contribution in [3.63, 3.8) is 0 Å². The Morgan fingerprint density at radius 2 is 2.00 bits per heavy atom. The Bertz CT molecular complexity index is 236. The molecular formula is C10H16O2. The molecular weight excluding hydrogens is 152 g/mol. The summed E-state index contributed by atoms with van der Waals surface area (Å²) < 4.78 is 11.8. The third-order valence-corrected chi connectivity index (χ3v) is 3.86. The summed E-state index contributed by atoms with van der Waals surface area (Å²) in [4.78, 5) is 0. The Balaban J connectivity index is 2.01. The molecule has 4 rings (SSSR count). The minimum atomic E-state index is 0.0307. The van der Waals surface area contributed by atoms with E-state index in [9.17, 15) is 0 Å². The monoisotopic (exact) mass is 168 g/mol. The van der Waals surface area contributed by atoms with E-state index >= 15 is 0 Å². The third-order valence-electron chi connectivity index (χ3n) is 3.86. The molecule has 0 unspecified atom stereocenters. The fourth-order valence-corrected chi connectivity index (χ4v) is 3.20. The lowest BCUT2D eigenvalue weighted by atomic mass is 9.69. The number of hydrogen-bond donors (Lipinski definition) is 0. The van der Waals surface area contributed by atoms with Crippen molar-refractivity contribution in [3.8, 4) is 0 Å². The topological polar surface area (TPSA) is 21.8 Å². The zero-order valence-corrected chi connectivity index (χ0v) is 7.96. The molecule has 3 aliphatic heterocycles. The van der Waals surface area contributed by atoms with Gasteiger partial charge in [-0.15, -0.1) is 0 Å². The van der Waals surface area contributed by atoms with Gasteiger partial charge in [0.2, 0.25) is 0 Å². The standard InChI is InChI=1S/C10H16O2/c1-9(2)6-4-5-10(3,12-9)8-7(6)11-8/h6-8H,4-5H2,1-3H3/t6-,7+,8+,10+/m0/s1. The maximum absolute atomic E-state index is 6.09. The van der Waals surface area contributed by atoms with Crippen LogP contribution in [0.4, 0.5) is 0 Å². The summed E-state index contributed by atoms with van der Waals surface area (Å²) in [5, 5.41) is 0. The van der Waals surface area contributed by atoms with E-state index in [1.54, 1.807) is 0 Å². The largest absolute Gasteiger partial charge is 0.366 e. The molecule has 0 N–H and O–H groups in total. The fourth-order valence-electron chi connectivity index (χ4n) is 3.20. The summed E-state index contributed by atoms with van der Waals surface area (Å²) >= 11 is 0. The van der Waals surface area contributed by atoms with Crippen LogP contribution in [0, 0.1) is 5.92 Å². The van der Waals surface area contributed by atoms with Gasteiger partial charge in [0.1, 0.15) is 6.10 Å². The number of epoxide rings is 1. The van der Waals surface area contributed by atoms with Gasteiger partial charge in [0, 0.05) is 5.92 Å². The van der Waals surface area contributed by atoms with Gasteiger partial charge < -0.3 is 9.47 Å². The average molecular weight is 168 g/mol. The molecule has 4 fully saturated rings. The van der Waals surface area contributed by atoms with Crippen LogP contribution in [-0.2, 0) is 9.47 Å². The molecule has 68 valence electrons. The smallest absolute Gasteiger partial charge is 0.113 e. The lowest BCUT2D eigenvalue weighted by Crippen LogP contribution is -2.58. The third kappa shape index (κ3) is 0.686. The highest BCUT2D eigenvalue weighted by Gasteiger charge is 2.68. The SMILES string of the molecule is CC1(C)O[C@]2(C)CC[C@H]1[C@H]1O[C@H]12. The zero-order chi connectivity index (χ0) is 8.56. The first kappa shape index (κ1) is 7.34. The van der Waals surface area contributed by atoms with Gasteiger partial charge in [-0.3, -0.25) is 0 Å². The molecule has 0 spiro atoms. The molecule has 0 aromatic rings. The molecule has 1 saturated carbocycles. The van der Waals surface area contributed by atoms with E-state index in [1.807, 2.05) is 0 Å². The van der Waals surface area contributed by atoms with Crippen LogP contribution in [0.2, 0.25) is 0 Å². The van der Waals surface area contributed by atoms with Crippen LogP contribution in [0.5, 0.6) is 0 Å². The van der Waals surface area contributed by atoms with Gasteiger partial charge in [-0.05, 0) is 33.6 Å².